The fourth-order valence-corrected chi connectivity index (χ4v) is 3.29. The number of thiophene rings is 1. The molecule has 0 saturated heterocycles. The van der Waals surface area contributed by atoms with Crippen LogP contribution in [0, 0.1) is 10.1 Å². The first-order valence-corrected chi connectivity index (χ1v) is 7.75. The third-order valence-corrected chi connectivity index (χ3v) is 4.57. The average Bonchev–Trinajstić information content (AvgIpc) is 3.13. The van der Waals surface area contributed by atoms with Gasteiger partial charge in [-0.3, -0.25) is 10.1 Å². The maximum Gasteiger partial charge on any atom is 0.368 e. The molecule has 2 aromatic rings. The maximum atomic E-state index is 11.9. The van der Waals surface area contributed by atoms with Gasteiger partial charge in [0.1, 0.15) is 5.71 Å². The van der Waals surface area contributed by atoms with E-state index in [4.69, 9.17) is 4.84 Å². The summed E-state index contributed by atoms with van der Waals surface area (Å²) in [7, 11) is 0. The lowest BCUT2D eigenvalue weighted by molar-refractivity contribution is -0.385. The minimum absolute atomic E-state index is 0.0777. The summed E-state index contributed by atoms with van der Waals surface area (Å²) in [6.45, 7) is 1.86. The Kier molecular flexibility index (Phi) is 4.03. The van der Waals surface area contributed by atoms with Gasteiger partial charge in [0.05, 0.1) is 15.4 Å². The Morgan fingerprint density at radius 3 is 2.70 bits per heavy atom. The lowest BCUT2D eigenvalue weighted by Gasteiger charge is -1.98. The molecule has 6 nitrogen and oxygen atoms in total. The van der Waals surface area contributed by atoms with Crippen LogP contribution in [0.5, 0.6) is 0 Å². The molecule has 7 heteroatoms. The molecule has 0 spiro atoms. The summed E-state index contributed by atoms with van der Waals surface area (Å²) in [6, 6.07) is 10.7. The monoisotopic (exact) mass is 328 g/mol. The topological polar surface area (TPSA) is 81.8 Å². The van der Waals surface area contributed by atoms with Crippen molar-refractivity contribution in [2.24, 2.45) is 5.16 Å². The Balaban J connectivity index is 2.02. The molecule has 23 heavy (non-hydrogen) atoms. The van der Waals surface area contributed by atoms with Crippen molar-refractivity contribution >= 4 is 34.8 Å². The molecule has 0 aliphatic carbocycles. The number of nitro groups is 1. The number of nitrogens with zero attached hydrogens (tertiary/aromatic N) is 2. The predicted molar refractivity (Wildman–Crippen MR) is 87.4 cm³/mol. The van der Waals surface area contributed by atoms with E-state index in [1.165, 1.54) is 17.4 Å². The molecular formula is C16H12N2O4S. The Morgan fingerprint density at radius 2 is 2.09 bits per heavy atom. The molecule has 0 N–H and O–H groups in total. The highest BCUT2D eigenvalue weighted by Crippen LogP contribution is 2.32. The van der Waals surface area contributed by atoms with E-state index in [0.717, 1.165) is 5.56 Å². The first kappa shape index (κ1) is 15.1. The van der Waals surface area contributed by atoms with Crippen LogP contribution >= 0.6 is 11.3 Å². The van der Waals surface area contributed by atoms with Crippen LogP contribution in [0.2, 0.25) is 0 Å². The predicted octanol–water partition coefficient (Wildman–Crippen LogP) is 3.56. The SMILES string of the molecule is CCc1sc(/C=C2\C(=O)ON=C2c2ccccc2)cc1[N+](=O)[O-]. The van der Waals surface area contributed by atoms with Crippen LogP contribution in [0.25, 0.3) is 6.08 Å². The molecule has 1 aromatic carbocycles. The van der Waals surface area contributed by atoms with Gasteiger partial charge in [0.25, 0.3) is 5.69 Å². The van der Waals surface area contributed by atoms with Crippen molar-refractivity contribution < 1.29 is 14.6 Å². The van der Waals surface area contributed by atoms with E-state index >= 15 is 0 Å². The minimum atomic E-state index is -0.557. The van der Waals surface area contributed by atoms with Gasteiger partial charge in [-0.05, 0) is 12.5 Å². The number of carbonyl (C=O) groups is 1. The number of rotatable bonds is 4. The zero-order valence-electron chi connectivity index (χ0n) is 12.2. The van der Waals surface area contributed by atoms with E-state index in [-0.39, 0.29) is 5.69 Å². The van der Waals surface area contributed by atoms with Crippen molar-refractivity contribution in [3.05, 3.63) is 67.4 Å². The summed E-state index contributed by atoms with van der Waals surface area (Å²) in [5, 5.41) is 14.9. The Morgan fingerprint density at radius 1 is 1.35 bits per heavy atom. The minimum Gasteiger partial charge on any atom is -0.312 e. The quantitative estimate of drug-likeness (QED) is 0.372. The molecule has 0 radical (unpaired) electrons. The summed E-state index contributed by atoms with van der Waals surface area (Å²) >= 11 is 1.29. The van der Waals surface area contributed by atoms with Crippen molar-refractivity contribution in [3.8, 4) is 0 Å². The normalized spacial score (nSPS) is 15.6. The molecule has 1 aliphatic heterocycles. The Bertz CT molecular complexity index is 837. The van der Waals surface area contributed by atoms with Crippen LogP contribution in [0.15, 0.2) is 47.1 Å². The molecule has 0 amide bonds. The van der Waals surface area contributed by atoms with Gasteiger partial charge in [0, 0.05) is 16.5 Å². The second-order valence-electron chi connectivity index (χ2n) is 4.81. The van der Waals surface area contributed by atoms with Crippen LogP contribution in [0.4, 0.5) is 5.69 Å². The molecule has 0 fully saturated rings. The molecule has 3 rings (SSSR count). The van der Waals surface area contributed by atoms with Crippen LogP contribution in [0.3, 0.4) is 0 Å². The third-order valence-electron chi connectivity index (χ3n) is 3.35. The van der Waals surface area contributed by atoms with E-state index in [1.807, 2.05) is 37.3 Å². The van der Waals surface area contributed by atoms with Gasteiger partial charge in [-0.25, -0.2) is 4.79 Å². The van der Waals surface area contributed by atoms with E-state index in [2.05, 4.69) is 5.16 Å². The first-order valence-electron chi connectivity index (χ1n) is 6.94. The molecule has 0 unspecified atom stereocenters. The van der Waals surface area contributed by atoms with E-state index < -0.39 is 10.9 Å². The average molecular weight is 328 g/mol. The van der Waals surface area contributed by atoms with Crippen LogP contribution in [-0.2, 0) is 16.1 Å². The lowest BCUT2D eigenvalue weighted by Crippen LogP contribution is -2.06. The first-order chi connectivity index (χ1) is 11.1. The molecule has 2 heterocycles. The van der Waals surface area contributed by atoms with Gasteiger partial charge >= 0.3 is 5.97 Å². The number of hydrogen-bond acceptors (Lipinski definition) is 6. The van der Waals surface area contributed by atoms with Crippen LogP contribution in [-0.4, -0.2) is 16.6 Å². The maximum absolute atomic E-state index is 11.9. The van der Waals surface area contributed by atoms with Crippen molar-refractivity contribution in [1.82, 2.24) is 0 Å². The zero-order chi connectivity index (χ0) is 16.4. The summed E-state index contributed by atoms with van der Waals surface area (Å²) in [4.78, 5) is 28.6. The summed E-state index contributed by atoms with van der Waals surface area (Å²) in [6.07, 6.45) is 2.16. The van der Waals surface area contributed by atoms with E-state index in [1.54, 1.807) is 6.08 Å². The van der Waals surface area contributed by atoms with Crippen molar-refractivity contribution in [2.45, 2.75) is 13.3 Å². The summed E-state index contributed by atoms with van der Waals surface area (Å²) in [5.74, 6) is -0.557. The van der Waals surface area contributed by atoms with E-state index in [0.29, 0.717) is 27.5 Å². The second-order valence-corrected chi connectivity index (χ2v) is 5.98. The highest BCUT2D eigenvalue weighted by molar-refractivity contribution is 7.13. The van der Waals surface area contributed by atoms with Crippen LogP contribution < -0.4 is 0 Å². The standard InChI is InChI=1S/C16H12N2O4S/c1-2-14-13(18(20)21)9-11(23-14)8-12-15(17-22-16(12)19)10-6-4-3-5-7-10/h3-9H,2H2,1H3/b12-8-. The molecule has 0 saturated carbocycles. The zero-order valence-corrected chi connectivity index (χ0v) is 13.0. The second kappa shape index (κ2) is 6.13. The third kappa shape index (κ3) is 2.91. The lowest BCUT2D eigenvalue weighted by atomic mass is 10.0. The van der Waals surface area contributed by atoms with Gasteiger partial charge in [-0.1, -0.05) is 42.4 Å². The summed E-state index contributed by atoms with van der Waals surface area (Å²) < 4.78 is 0. The van der Waals surface area contributed by atoms with Crippen LogP contribution in [0.1, 0.15) is 22.2 Å². The number of aryl methyl sites for hydroxylation is 1. The largest absolute Gasteiger partial charge is 0.368 e. The van der Waals surface area contributed by atoms with Gasteiger partial charge in [0.2, 0.25) is 0 Å². The van der Waals surface area contributed by atoms with Crippen molar-refractivity contribution in [1.29, 1.82) is 0 Å². The fourth-order valence-electron chi connectivity index (χ4n) is 2.27. The van der Waals surface area contributed by atoms with Gasteiger partial charge < -0.3 is 4.84 Å². The Hall–Kier alpha value is -2.80. The van der Waals surface area contributed by atoms with E-state index in [9.17, 15) is 14.9 Å². The van der Waals surface area contributed by atoms with Crippen molar-refractivity contribution in [2.75, 3.05) is 0 Å². The highest BCUT2D eigenvalue weighted by Gasteiger charge is 2.27. The van der Waals surface area contributed by atoms with Crippen molar-refractivity contribution in [3.63, 3.8) is 0 Å². The summed E-state index contributed by atoms with van der Waals surface area (Å²) in [5.41, 5.74) is 1.57. The highest BCUT2D eigenvalue weighted by atomic mass is 32.1. The molecule has 0 bridgehead atoms. The molecule has 1 aliphatic rings. The molecular weight excluding hydrogens is 316 g/mol. The van der Waals surface area contributed by atoms with Gasteiger partial charge in [0.15, 0.2) is 0 Å². The molecule has 116 valence electrons. The number of benzene rings is 1. The molecule has 0 atom stereocenters. The number of oxime groups is 1. The van der Waals surface area contributed by atoms with Gasteiger partial charge in [-0.2, -0.15) is 0 Å². The van der Waals surface area contributed by atoms with Gasteiger partial charge in [-0.15, -0.1) is 11.3 Å². The molecule has 1 aromatic heterocycles. The number of carbonyl (C=O) groups excluding carboxylic acids is 1. The number of hydrogen-bond donors (Lipinski definition) is 0. The fraction of sp³-hybridized carbons (Fsp3) is 0.125. The Labute approximate surface area is 135 Å². The smallest absolute Gasteiger partial charge is 0.312 e.